The summed E-state index contributed by atoms with van der Waals surface area (Å²) in [6.07, 6.45) is 4.13. The van der Waals surface area contributed by atoms with Gasteiger partial charge in [-0.25, -0.2) is 0 Å². The molecule has 2 saturated carbocycles. The molecule has 1 heterocycles. The molecule has 0 radical (unpaired) electrons. The predicted molar refractivity (Wildman–Crippen MR) is 96.5 cm³/mol. The van der Waals surface area contributed by atoms with Gasteiger partial charge >= 0.3 is 0 Å². The van der Waals surface area contributed by atoms with Gasteiger partial charge in [0.05, 0.1) is 11.0 Å². The second-order valence-corrected chi connectivity index (χ2v) is 8.81. The molecule has 4 atom stereocenters. The smallest absolute Gasteiger partial charge is 0.174 e. The zero-order valence-electron chi connectivity index (χ0n) is 15.3. The average Bonchev–Trinajstić information content (AvgIpc) is 3.36. The zero-order chi connectivity index (χ0) is 18.1. The monoisotopic (exact) mass is 357 g/mol. The van der Waals surface area contributed by atoms with Crippen LogP contribution in [-0.4, -0.2) is 40.8 Å². The van der Waals surface area contributed by atoms with Crippen LogP contribution in [0.15, 0.2) is 12.1 Å². The highest BCUT2D eigenvalue weighted by Gasteiger charge is 2.69. The third kappa shape index (κ3) is 2.01. The molecule has 5 rings (SSSR count). The molecule has 0 aromatic heterocycles. The van der Waals surface area contributed by atoms with Crippen molar-refractivity contribution in [1.29, 1.82) is 0 Å². The minimum atomic E-state index is -0.973. The number of hydrogen-bond donors (Lipinski definition) is 3. The number of aromatic hydroxyl groups is 1. The molecule has 5 nitrogen and oxygen atoms in total. The van der Waals surface area contributed by atoms with Crippen molar-refractivity contribution >= 4 is 5.78 Å². The van der Waals surface area contributed by atoms with E-state index in [0.29, 0.717) is 25.0 Å². The van der Waals surface area contributed by atoms with E-state index in [1.165, 1.54) is 12.8 Å². The summed E-state index contributed by atoms with van der Waals surface area (Å²) in [7, 11) is 0. The molecule has 0 saturated heterocycles. The Balaban J connectivity index is 1.61. The van der Waals surface area contributed by atoms with Crippen LogP contribution in [0.4, 0.5) is 0 Å². The molecule has 0 amide bonds. The Kier molecular flexibility index (Phi) is 3.48. The van der Waals surface area contributed by atoms with Crippen LogP contribution >= 0.6 is 0 Å². The number of nitrogens with one attached hydrogen (secondary N) is 1. The summed E-state index contributed by atoms with van der Waals surface area (Å²) in [6.45, 7) is 3.83. The number of carbonyl (C=O) groups excluding carboxylic acids is 1. The normalized spacial score (nSPS) is 37.4. The molecule has 5 heteroatoms. The summed E-state index contributed by atoms with van der Waals surface area (Å²) < 4.78 is 6.07. The summed E-state index contributed by atoms with van der Waals surface area (Å²) >= 11 is 0. The number of Topliss-reactive ketones (excluding diaryl/α,β-unsaturated/α-hetero) is 1. The van der Waals surface area contributed by atoms with Gasteiger partial charge in [0.2, 0.25) is 0 Å². The van der Waals surface area contributed by atoms with Crippen LogP contribution in [0.5, 0.6) is 11.5 Å². The van der Waals surface area contributed by atoms with Crippen LogP contribution in [0.2, 0.25) is 0 Å². The highest BCUT2D eigenvalue weighted by molar-refractivity contribution is 5.89. The third-order valence-corrected chi connectivity index (χ3v) is 7.34. The van der Waals surface area contributed by atoms with Crippen LogP contribution in [0, 0.1) is 11.8 Å². The van der Waals surface area contributed by atoms with Crippen LogP contribution in [0.1, 0.15) is 50.2 Å². The van der Waals surface area contributed by atoms with Crippen molar-refractivity contribution < 1.29 is 19.7 Å². The first-order valence-corrected chi connectivity index (χ1v) is 9.95. The van der Waals surface area contributed by atoms with Crippen LogP contribution < -0.4 is 10.1 Å². The van der Waals surface area contributed by atoms with E-state index in [1.807, 2.05) is 6.07 Å². The summed E-state index contributed by atoms with van der Waals surface area (Å²) in [5.41, 5.74) is 0.275. The van der Waals surface area contributed by atoms with Crippen molar-refractivity contribution in [2.24, 2.45) is 11.8 Å². The Bertz CT molecular complexity index is 774. The van der Waals surface area contributed by atoms with Gasteiger partial charge in [-0.15, -0.1) is 0 Å². The van der Waals surface area contributed by atoms with Gasteiger partial charge in [-0.2, -0.15) is 0 Å². The Labute approximate surface area is 153 Å². The Morgan fingerprint density at radius 3 is 2.92 bits per heavy atom. The largest absolute Gasteiger partial charge is 0.504 e. The van der Waals surface area contributed by atoms with Gasteiger partial charge in [0.15, 0.2) is 23.4 Å². The summed E-state index contributed by atoms with van der Waals surface area (Å²) in [5.74, 6) is 1.39. The first-order chi connectivity index (χ1) is 12.5. The minimum absolute atomic E-state index is 0.0486. The molecular formula is C21H27NO4. The number of benzene rings is 1. The second-order valence-electron chi connectivity index (χ2n) is 8.81. The van der Waals surface area contributed by atoms with E-state index >= 15 is 0 Å². The van der Waals surface area contributed by atoms with Crippen molar-refractivity contribution in [3.8, 4) is 11.5 Å². The van der Waals surface area contributed by atoms with Gasteiger partial charge in [-0.05, 0) is 68.7 Å². The van der Waals surface area contributed by atoms with Crippen molar-refractivity contribution in [1.82, 2.24) is 5.32 Å². The predicted octanol–water partition coefficient (Wildman–Crippen LogP) is 2.07. The lowest BCUT2D eigenvalue weighted by Gasteiger charge is -2.56. The maximum absolute atomic E-state index is 12.8. The second kappa shape index (κ2) is 5.46. The third-order valence-electron chi connectivity index (χ3n) is 7.34. The highest BCUT2D eigenvalue weighted by atomic mass is 16.5. The molecule has 2 fully saturated rings. The van der Waals surface area contributed by atoms with Crippen LogP contribution in [0.25, 0.3) is 0 Å². The molecule has 0 bridgehead atoms. The number of aliphatic hydroxyl groups is 1. The SMILES string of the molecule is CC1Cc2ccc(O)c3c2C2(CCNCC4CC4)C(O3)C(=O)CCC12O. The first kappa shape index (κ1) is 16.6. The molecule has 3 N–H and O–H groups in total. The average molecular weight is 357 g/mol. The summed E-state index contributed by atoms with van der Waals surface area (Å²) in [5, 5.41) is 25.7. The van der Waals surface area contributed by atoms with Crippen molar-refractivity contribution in [2.45, 2.75) is 62.6 Å². The quantitative estimate of drug-likeness (QED) is 0.703. The number of hydrogen-bond acceptors (Lipinski definition) is 5. The number of ketones is 1. The molecule has 3 aliphatic carbocycles. The molecule has 26 heavy (non-hydrogen) atoms. The summed E-state index contributed by atoms with van der Waals surface area (Å²) in [4.78, 5) is 12.8. The molecular weight excluding hydrogens is 330 g/mol. The van der Waals surface area contributed by atoms with Gasteiger partial charge in [0.1, 0.15) is 0 Å². The lowest BCUT2D eigenvalue weighted by atomic mass is 9.49. The van der Waals surface area contributed by atoms with Crippen molar-refractivity contribution in [2.75, 3.05) is 13.1 Å². The highest BCUT2D eigenvalue weighted by Crippen LogP contribution is 2.63. The minimum Gasteiger partial charge on any atom is -0.504 e. The van der Waals surface area contributed by atoms with Crippen molar-refractivity contribution in [3.05, 3.63) is 23.3 Å². The lowest BCUT2D eigenvalue weighted by Crippen LogP contribution is -2.68. The topological polar surface area (TPSA) is 78.8 Å². The lowest BCUT2D eigenvalue weighted by molar-refractivity contribution is -0.164. The Morgan fingerprint density at radius 2 is 2.15 bits per heavy atom. The maximum atomic E-state index is 12.8. The molecule has 1 aromatic carbocycles. The van der Waals surface area contributed by atoms with Gasteiger partial charge in [-0.3, -0.25) is 4.79 Å². The Morgan fingerprint density at radius 1 is 1.35 bits per heavy atom. The molecule has 1 aliphatic heterocycles. The fourth-order valence-electron chi connectivity index (χ4n) is 5.76. The first-order valence-electron chi connectivity index (χ1n) is 9.95. The van der Waals surface area contributed by atoms with Crippen LogP contribution in [0.3, 0.4) is 0 Å². The van der Waals surface area contributed by atoms with E-state index in [9.17, 15) is 15.0 Å². The summed E-state index contributed by atoms with van der Waals surface area (Å²) in [6, 6.07) is 3.60. The molecule has 4 unspecified atom stereocenters. The standard InChI is InChI=1S/C21H27NO4/c1-12-10-14-4-5-15(23)18-17(14)20(8-9-22-11-13-2-3-13)19(26-18)16(24)6-7-21(12,20)25/h4-5,12-13,19,22-23,25H,2-3,6-11H2,1H3. The van der Waals surface area contributed by atoms with Gasteiger partial charge < -0.3 is 20.3 Å². The molecule has 140 valence electrons. The molecule has 4 aliphatic rings. The number of phenolic OH excluding ortho intramolecular Hbond substituents is 1. The number of phenols is 1. The van der Waals surface area contributed by atoms with E-state index in [4.69, 9.17) is 4.74 Å². The van der Waals surface area contributed by atoms with E-state index in [1.54, 1.807) is 6.07 Å². The van der Waals surface area contributed by atoms with Gasteiger partial charge in [0, 0.05) is 12.0 Å². The van der Waals surface area contributed by atoms with E-state index < -0.39 is 17.1 Å². The Hall–Kier alpha value is -1.59. The van der Waals surface area contributed by atoms with Gasteiger partial charge in [-0.1, -0.05) is 13.0 Å². The van der Waals surface area contributed by atoms with Gasteiger partial charge in [0.25, 0.3) is 0 Å². The fraction of sp³-hybridized carbons (Fsp3) is 0.667. The number of rotatable bonds is 5. The van der Waals surface area contributed by atoms with Crippen LogP contribution in [-0.2, 0) is 16.6 Å². The number of ether oxygens (including phenoxy) is 1. The fourth-order valence-corrected chi connectivity index (χ4v) is 5.76. The zero-order valence-corrected chi connectivity index (χ0v) is 15.3. The van der Waals surface area contributed by atoms with Crippen molar-refractivity contribution in [3.63, 3.8) is 0 Å². The van der Waals surface area contributed by atoms with E-state index in [-0.39, 0.29) is 17.5 Å². The number of carbonyl (C=O) groups is 1. The molecule has 1 aromatic rings. The molecule has 0 spiro atoms. The van der Waals surface area contributed by atoms with E-state index in [2.05, 4.69) is 12.2 Å². The maximum Gasteiger partial charge on any atom is 0.174 e. The van der Waals surface area contributed by atoms with E-state index in [0.717, 1.165) is 36.6 Å².